The van der Waals surface area contributed by atoms with Gasteiger partial charge < -0.3 is 19.1 Å². The maximum absolute atomic E-state index is 12.5. The zero-order chi connectivity index (χ0) is 19.9. The quantitative estimate of drug-likeness (QED) is 0.655. The van der Waals surface area contributed by atoms with Gasteiger partial charge in [-0.2, -0.15) is 13.2 Å². The van der Waals surface area contributed by atoms with E-state index in [-0.39, 0.29) is 0 Å². The first kappa shape index (κ1) is 20.4. The predicted octanol–water partition coefficient (Wildman–Crippen LogP) is 4.61. The van der Waals surface area contributed by atoms with E-state index in [1.54, 1.807) is 38.4 Å². The second-order valence-electron chi connectivity index (χ2n) is 5.81. The van der Waals surface area contributed by atoms with Crippen LogP contribution in [0.2, 0.25) is 0 Å². The van der Waals surface area contributed by atoms with Crippen LogP contribution in [-0.2, 0) is 6.18 Å². The third-order valence-electron chi connectivity index (χ3n) is 3.40. The molecular formula is C19H20F3NO4. The normalized spacial score (nSPS) is 11.0. The summed E-state index contributed by atoms with van der Waals surface area (Å²) in [6, 6.07) is 11.1. The van der Waals surface area contributed by atoms with Crippen molar-refractivity contribution in [2.24, 2.45) is 0 Å². The van der Waals surface area contributed by atoms with Crippen LogP contribution in [0.5, 0.6) is 17.2 Å². The molecule has 0 bridgehead atoms. The molecule has 0 heterocycles. The molecule has 0 aliphatic carbocycles. The predicted molar refractivity (Wildman–Crippen MR) is 93.2 cm³/mol. The van der Waals surface area contributed by atoms with Gasteiger partial charge >= 0.3 is 12.3 Å². The summed E-state index contributed by atoms with van der Waals surface area (Å²) in [5, 5.41) is 0. The fraction of sp³-hybridized carbons (Fsp3) is 0.316. The molecule has 0 aliphatic heterocycles. The van der Waals surface area contributed by atoms with Gasteiger partial charge in [0.25, 0.3) is 0 Å². The lowest BCUT2D eigenvalue weighted by atomic mass is 10.2. The molecule has 1 amide bonds. The van der Waals surface area contributed by atoms with Gasteiger partial charge in [0, 0.05) is 20.5 Å². The molecule has 0 saturated carbocycles. The van der Waals surface area contributed by atoms with Crippen molar-refractivity contribution < 1.29 is 32.2 Å². The van der Waals surface area contributed by atoms with E-state index in [1.807, 2.05) is 0 Å². The number of nitrogens with zero attached hydrogens (tertiary/aromatic N) is 1. The van der Waals surface area contributed by atoms with Gasteiger partial charge in [-0.3, -0.25) is 0 Å². The Hall–Kier alpha value is -2.90. The Bertz CT molecular complexity index is 728. The number of amides is 1. The molecule has 0 fully saturated rings. The second kappa shape index (κ2) is 9.16. The maximum Gasteiger partial charge on any atom is 0.416 e. The standard InChI is InChI=1S/C19H20F3NO4/c1-23(2)18(24)27-17-10-8-16(9-11-17)26-13-3-12-25-15-6-4-14(5-7-15)19(20,21)22/h4-11H,3,12-13H2,1-2H3. The molecule has 0 aromatic heterocycles. The van der Waals surface area contributed by atoms with Crippen LogP contribution >= 0.6 is 0 Å². The number of alkyl halides is 3. The number of ether oxygens (including phenoxy) is 3. The zero-order valence-corrected chi connectivity index (χ0v) is 15.0. The highest BCUT2D eigenvalue weighted by molar-refractivity contribution is 5.69. The molecule has 0 saturated heterocycles. The molecule has 0 aliphatic rings. The Morgan fingerprint density at radius 3 is 1.74 bits per heavy atom. The number of benzene rings is 2. The SMILES string of the molecule is CN(C)C(=O)Oc1ccc(OCCCOc2ccc(C(F)(F)F)cc2)cc1. The molecule has 0 radical (unpaired) electrons. The highest BCUT2D eigenvalue weighted by Gasteiger charge is 2.29. The summed E-state index contributed by atoms with van der Waals surface area (Å²) in [6.45, 7) is 0.682. The summed E-state index contributed by atoms with van der Waals surface area (Å²) < 4.78 is 53.4. The fourth-order valence-corrected chi connectivity index (χ4v) is 1.98. The molecule has 27 heavy (non-hydrogen) atoms. The van der Waals surface area contributed by atoms with Crippen LogP contribution in [0.4, 0.5) is 18.0 Å². The van der Waals surface area contributed by atoms with Crippen LogP contribution in [0.1, 0.15) is 12.0 Å². The third kappa shape index (κ3) is 6.73. The minimum absolute atomic E-state index is 0.309. The van der Waals surface area contributed by atoms with E-state index in [9.17, 15) is 18.0 Å². The van der Waals surface area contributed by atoms with E-state index in [2.05, 4.69) is 0 Å². The molecule has 2 aromatic carbocycles. The first-order chi connectivity index (χ1) is 12.8. The van der Waals surface area contributed by atoms with Gasteiger partial charge in [0.2, 0.25) is 0 Å². The van der Waals surface area contributed by atoms with Crippen LogP contribution in [0, 0.1) is 0 Å². The van der Waals surface area contributed by atoms with Crippen molar-refractivity contribution in [2.75, 3.05) is 27.3 Å². The highest BCUT2D eigenvalue weighted by Crippen LogP contribution is 2.30. The Labute approximate surface area is 155 Å². The minimum Gasteiger partial charge on any atom is -0.493 e. The van der Waals surface area contributed by atoms with Crippen LogP contribution in [0.15, 0.2) is 48.5 Å². The molecule has 2 rings (SSSR count). The van der Waals surface area contributed by atoms with Crippen molar-refractivity contribution in [2.45, 2.75) is 12.6 Å². The summed E-state index contributed by atoms with van der Waals surface area (Å²) in [6.07, 6.45) is -4.27. The highest BCUT2D eigenvalue weighted by atomic mass is 19.4. The monoisotopic (exact) mass is 383 g/mol. The number of hydrogen-bond acceptors (Lipinski definition) is 4. The van der Waals surface area contributed by atoms with E-state index in [0.29, 0.717) is 36.9 Å². The molecule has 0 N–H and O–H groups in total. The van der Waals surface area contributed by atoms with Crippen molar-refractivity contribution in [3.63, 3.8) is 0 Å². The van der Waals surface area contributed by atoms with Crippen molar-refractivity contribution in [1.29, 1.82) is 0 Å². The van der Waals surface area contributed by atoms with Gasteiger partial charge in [-0.25, -0.2) is 4.79 Å². The van der Waals surface area contributed by atoms with E-state index >= 15 is 0 Å². The van der Waals surface area contributed by atoms with Gasteiger partial charge in [-0.05, 0) is 48.5 Å². The number of halogens is 3. The largest absolute Gasteiger partial charge is 0.493 e. The van der Waals surface area contributed by atoms with Crippen molar-refractivity contribution in [1.82, 2.24) is 4.90 Å². The van der Waals surface area contributed by atoms with Gasteiger partial charge in [-0.1, -0.05) is 0 Å². The summed E-state index contributed by atoms with van der Waals surface area (Å²) in [4.78, 5) is 12.7. The minimum atomic E-state index is -4.35. The van der Waals surface area contributed by atoms with Crippen molar-refractivity contribution in [3.8, 4) is 17.2 Å². The van der Waals surface area contributed by atoms with Crippen LogP contribution in [0.25, 0.3) is 0 Å². The van der Waals surface area contributed by atoms with E-state index in [1.165, 1.54) is 17.0 Å². The average Bonchev–Trinajstić information content (AvgIpc) is 2.62. The van der Waals surface area contributed by atoms with Gasteiger partial charge in [0.05, 0.1) is 18.8 Å². The first-order valence-electron chi connectivity index (χ1n) is 8.18. The zero-order valence-electron chi connectivity index (χ0n) is 15.0. The van der Waals surface area contributed by atoms with Crippen molar-refractivity contribution >= 4 is 6.09 Å². The molecule has 8 heteroatoms. The lowest BCUT2D eigenvalue weighted by Gasteiger charge is -2.11. The Balaban J connectivity index is 1.69. The second-order valence-corrected chi connectivity index (χ2v) is 5.81. The topological polar surface area (TPSA) is 48.0 Å². The number of carbonyl (C=O) groups excluding carboxylic acids is 1. The fourth-order valence-electron chi connectivity index (χ4n) is 1.98. The third-order valence-corrected chi connectivity index (χ3v) is 3.40. The summed E-state index contributed by atoms with van der Waals surface area (Å²) in [5.74, 6) is 1.39. The number of carbonyl (C=O) groups is 1. The molecule has 2 aromatic rings. The van der Waals surface area contributed by atoms with E-state index in [0.717, 1.165) is 12.1 Å². The Kier molecular flexibility index (Phi) is 6.92. The molecule has 146 valence electrons. The maximum atomic E-state index is 12.5. The van der Waals surface area contributed by atoms with Gasteiger partial charge in [-0.15, -0.1) is 0 Å². The van der Waals surface area contributed by atoms with Gasteiger partial charge in [0.15, 0.2) is 0 Å². The summed E-state index contributed by atoms with van der Waals surface area (Å²) in [5.41, 5.74) is -0.710. The van der Waals surface area contributed by atoms with Crippen LogP contribution in [0.3, 0.4) is 0 Å². The number of hydrogen-bond donors (Lipinski definition) is 0. The van der Waals surface area contributed by atoms with Crippen LogP contribution < -0.4 is 14.2 Å². The Morgan fingerprint density at radius 1 is 0.852 bits per heavy atom. The molecular weight excluding hydrogens is 363 g/mol. The van der Waals surface area contributed by atoms with Gasteiger partial charge in [0.1, 0.15) is 17.2 Å². The summed E-state index contributed by atoms with van der Waals surface area (Å²) >= 11 is 0. The first-order valence-corrected chi connectivity index (χ1v) is 8.18. The van der Waals surface area contributed by atoms with Crippen molar-refractivity contribution in [3.05, 3.63) is 54.1 Å². The summed E-state index contributed by atoms with van der Waals surface area (Å²) in [7, 11) is 3.18. The molecule has 5 nitrogen and oxygen atoms in total. The average molecular weight is 383 g/mol. The smallest absolute Gasteiger partial charge is 0.416 e. The molecule has 0 unspecified atom stereocenters. The Morgan fingerprint density at radius 2 is 1.30 bits per heavy atom. The molecule has 0 atom stereocenters. The lowest BCUT2D eigenvalue weighted by molar-refractivity contribution is -0.137. The lowest BCUT2D eigenvalue weighted by Crippen LogP contribution is -2.25. The number of rotatable bonds is 7. The molecule has 0 spiro atoms. The van der Waals surface area contributed by atoms with E-state index in [4.69, 9.17) is 14.2 Å². The van der Waals surface area contributed by atoms with Crippen LogP contribution in [-0.4, -0.2) is 38.3 Å². The van der Waals surface area contributed by atoms with E-state index < -0.39 is 17.8 Å².